The minimum Gasteiger partial charge on any atom is -0.508 e. The number of aryl methyl sites for hydroxylation is 1. The number of sulfonamides is 1. The van der Waals surface area contributed by atoms with E-state index in [1.807, 2.05) is 104 Å². The molecule has 0 bridgehead atoms. The Hall–Kier alpha value is -6.20. The number of hydrogen-bond acceptors (Lipinski definition) is 11. The van der Waals surface area contributed by atoms with Gasteiger partial charge >= 0.3 is 0 Å². The first-order chi connectivity index (χ1) is 30.6. The third kappa shape index (κ3) is 10.7. The molecule has 322 valence electrons. The Labute approximate surface area is 370 Å². The molecule has 63 heavy (non-hydrogen) atoms. The number of aromatic hydroxyl groups is 1. The number of carbonyl (C=O) groups is 1. The zero-order chi connectivity index (χ0) is 43.8. The fourth-order valence-electron chi connectivity index (χ4n) is 7.45. The lowest BCUT2D eigenvalue weighted by atomic mass is 9.84. The van der Waals surface area contributed by atoms with Gasteiger partial charge in [-0.15, -0.1) is 5.10 Å². The van der Waals surface area contributed by atoms with Gasteiger partial charge in [-0.2, -0.15) is 9.40 Å². The molecule has 1 fully saturated rings. The first kappa shape index (κ1) is 43.4. The van der Waals surface area contributed by atoms with Crippen LogP contribution >= 0.6 is 11.8 Å². The summed E-state index contributed by atoms with van der Waals surface area (Å²) in [6.07, 6.45) is -1.50. The normalized spacial score (nSPS) is 18.1. The van der Waals surface area contributed by atoms with Crippen molar-refractivity contribution in [3.63, 3.8) is 0 Å². The van der Waals surface area contributed by atoms with Gasteiger partial charge in [-0.05, 0) is 88.0 Å². The van der Waals surface area contributed by atoms with Crippen LogP contribution in [-0.4, -0.2) is 62.6 Å². The molecule has 6 aromatic carbocycles. The number of nitrogens with one attached hydrogen (secondary N) is 2. The van der Waals surface area contributed by atoms with Crippen molar-refractivity contribution in [2.75, 3.05) is 5.75 Å². The fraction of sp³-hybridized carbons (Fsp3) is 0.208. The van der Waals surface area contributed by atoms with Crippen LogP contribution in [0.4, 0.5) is 0 Å². The highest BCUT2D eigenvalue weighted by atomic mass is 32.2. The van der Waals surface area contributed by atoms with Crippen molar-refractivity contribution >= 4 is 27.7 Å². The van der Waals surface area contributed by atoms with Crippen LogP contribution in [0.15, 0.2) is 168 Å². The fourth-order valence-corrected chi connectivity index (χ4v) is 9.60. The van der Waals surface area contributed by atoms with E-state index in [-0.39, 0.29) is 36.1 Å². The summed E-state index contributed by atoms with van der Waals surface area (Å²) in [6.45, 7) is 1.94. The van der Waals surface area contributed by atoms with Gasteiger partial charge in [0.2, 0.25) is 21.1 Å². The Morgan fingerprint density at radius 3 is 2.10 bits per heavy atom. The molecule has 0 aliphatic carbocycles. The zero-order valence-corrected chi connectivity index (χ0v) is 35.9. The Bertz CT molecular complexity index is 2690. The predicted octanol–water partition coefficient (Wildman–Crippen LogP) is 7.11. The molecule has 5 unspecified atom stereocenters. The van der Waals surface area contributed by atoms with E-state index in [2.05, 4.69) is 37.7 Å². The smallest absolute Gasteiger partial charge is 0.241 e. The number of rotatable bonds is 16. The van der Waals surface area contributed by atoms with Crippen LogP contribution in [0.25, 0.3) is 5.69 Å². The lowest BCUT2D eigenvalue weighted by Crippen LogP contribution is -2.47. The van der Waals surface area contributed by atoms with Crippen molar-refractivity contribution < 1.29 is 32.9 Å². The number of phenolic OH excluding ortho intramolecular Hbond substituents is 1. The van der Waals surface area contributed by atoms with Gasteiger partial charge in [0.1, 0.15) is 11.8 Å². The maximum absolute atomic E-state index is 13.7. The predicted molar refractivity (Wildman–Crippen MR) is 238 cm³/mol. The SMILES string of the molecule is Cc1ccc(S(=O)(=O)NC(Cc2ccccc2)C(=O)NCc2ccc(C3OC(CSc4nnnn4-c4ccc(O)cc4)C(c4ccccc4)C(c4ccc(CO)cc4)O3)cc2)cc1. The van der Waals surface area contributed by atoms with Crippen molar-refractivity contribution in [1.82, 2.24) is 30.2 Å². The number of ether oxygens (including phenoxy) is 2. The molecule has 1 aromatic heterocycles. The number of aliphatic hydroxyl groups is 1. The van der Waals surface area contributed by atoms with Gasteiger partial charge in [0.25, 0.3) is 0 Å². The molecule has 8 rings (SSSR count). The van der Waals surface area contributed by atoms with Crippen LogP contribution in [0.1, 0.15) is 57.3 Å². The number of aliphatic hydroxyl groups excluding tert-OH is 1. The van der Waals surface area contributed by atoms with Crippen LogP contribution in [-0.2, 0) is 43.9 Å². The molecule has 1 aliphatic heterocycles. The molecule has 15 heteroatoms. The summed E-state index contributed by atoms with van der Waals surface area (Å²) in [7, 11) is -4.00. The molecule has 5 atom stereocenters. The number of thioether (sulfide) groups is 1. The number of nitrogens with zero attached hydrogens (tertiary/aromatic N) is 4. The monoisotopic (exact) mass is 882 g/mol. The van der Waals surface area contributed by atoms with E-state index in [1.54, 1.807) is 41.1 Å². The van der Waals surface area contributed by atoms with Crippen molar-refractivity contribution in [2.45, 2.75) is 67.0 Å². The van der Waals surface area contributed by atoms with Crippen LogP contribution in [0.5, 0.6) is 5.75 Å². The Morgan fingerprint density at radius 2 is 1.41 bits per heavy atom. The minimum atomic E-state index is -4.00. The molecule has 7 aromatic rings. The largest absolute Gasteiger partial charge is 0.508 e. The number of hydrogen-bond donors (Lipinski definition) is 4. The molecule has 0 radical (unpaired) electrons. The first-order valence-electron chi connectivity index (χ1n) is 20.4. The second-order valence-electron chi connectivity index (χ2n) is 15.2. The van der Waals surface area contributed by atoms with Gasteiger partial charge in [0.15, 0.2) is 6.29 Å². The van der Waals surface area contributed by atoms with Crippen LogP contribution < -0.4 is 10.0 Å². The Kier molecular flexibility index (Phi) is 13.7. The maximum atomic E-state index is 13.7. The van der Waals surface area contributed by atoms with Crippen molar-refractivity contribution in [2.24, 2.45) is 0 Å². The molecule has 1 aliphatic rings. The molecule has 0 spiro atoms. The van der Waals surface area contributed by atoms with E-state index in [0.29, 0.717) is 16.6 Å². The Balaban J connectivity index is 1.03. The van der Waals surface area contributed by atoms with Gasteiger partial charge in [0, 0.05) is 23.8 Å². The van der Waals surface area contributed by atoms with E-state index in [4.69, 9.17) is 9.47 Å². The van der Waals surface area contributed by atoms with E-state index < -0.39 is 40.5 Å². The van der Waals surface area contributed by atoms with Crippen molar-refractivity contribution in [3.05, 3.63) is 197 Å². The van der Waals surface area contributed by atoms with Gasteiger partial charge in [-0.1, -0.05) is 139 Å². The van der Waals surface area contributed by atoms with Crippen molar-refractivity contribution in [3.8, 4) is 11.4 Å². The number of aromatic nitrogens is 4. The highest BCUT2D eigenvalue weighted by Crippen LogP contribution is 2.48. The Morgan fingerprint density at radius 1 is 0.762 bits per heavy atom. The number of tetrazole rings is 1. The highest BCUT2D eigenvalue weighted by molar-refractivity contribution is 7.99. The number of phenols is 1. The molecule has 1 amide bonds. The second-order valence-corrected chi connectivity index (χ2v) is 17.9. The molecule has 2 heterocycles. The summed E-state index contributed by atoms with van der Waals surface area (Å²) >= 11 is 1.44. The zero-order valence-electron chi connectivity index (χ0n) is 34.3. The van der Waals surface area contributed by atoms with Crippen molar-refractivity contribution in [1.29, 1.82) is 0 Å². The average molecular weight is 883 g/mol. The molecule has 4 N–H and O–H groups in total. The van der Waals surface area contributed by atoms with Crippen LogP contribution in [0.2, 0.25) is 0 Å². The average Bonchev–Trinajstić information content (AvgIpc) is 3.79. The maximum Gasteiger partial charge on any atom is 0.241 e. The summed E-state index contributed by atoms with van der Waals surface area (Å²) in [5.41, 5.74) is 6.69. The summed E-state index contributed by atoms with van der Waals surface area (Å²) < 4.78 is 44.9. The van der Waals surface area contributed by atoms with Crippen LogP contribution in [0, 0.1) is 6.92 Å². The summed E-state index contributed by atoms with van der Waals surface area (Å²) in [5, 5.41) is 35.6. The molecule has 0 saturated carbocycles. The van der Waals surface area contributed by atoms with E-state index in [0.717, 1.165) is 38.9 Å². The topological polar surface area (TPSA) is 178 Å². The third-order valence-electron chi connectivity index (χ3n) is 10.8. The first-order valence-corrected chi connectivity index (χ1v) is 22.9. The standard InChI is InChI=1S/C48H46N6O7S2/c1-32-12-26-41(27-13-32)63(58,59)51-42(28-33-8-4-2-5-9-33)46(57)49-29-34-14-20-38(21-15-34)47-60-43(31-62-48-50-52-53-54(48)39-22-24-40(56)25-23-39)44(36-10-6-3-7-11-36)45(61-47)37-18-16-35(30-55)17-19-37/h2-27,42-45,47,51,55-56H,28-31H2,1H3,(H,49,57). The minimum absolute atomic E-state index is 0.0800. The van der Waals surface area contributed by atoms with E-state index in [9.17, 15) is 23.4 Å². The van der Waals surface area contributed by atoms with E-state index >= 15 is 0 Å². The third-order valence-corrected chi connectivity index (χ3v) is 13.3. The van der Waals surface area contributed by atoms with Gasteiger partial charge in [-0.3, -0.25) is 4.79 Å². The summed E-state index contributed by atoms with van der Waals surface area (Å²) in [5.74, 6) is -0.132. The van der Waals surface area contributed by atoms with Gasteiger partial charge < -0.3 is 25.0 Å². The molecule has 1 saturated heterocycles. The lowest BCUT2D eigenvalue weighted by Gasteiger charge is -2.43. The number of amides is 1. The van der Waals surface area contributed by atoms with E-state index in [1.165, 1.54) is 23.9 Å². The molecular formula is C48H46N6O7S2. The molecule has 13 nitrogen and oxygen atoms in total. The summed E-state index contributed by atoms with van der Waals surface area (Å²) in [6, 6.07) is 46.7. The van der Waals surface area contributed by atoms with Gasteiger partial charge in [0.05, 0.1) is 29.4 Å². The quantitative estimate of drug-likeness (QED) is 0.0728. The summed E-state index contributed by atoms with van der Waals surface area (Å²) in [4.78, 5) is 13.8. The number of carbonyl (C=O) groups excluding carboxylic acids is 1. The molecular weight excluding hydrogens is 837 g/mol. The lowest BCUT2D eigenvalue weighted by molar-refractivity contribution is -0.255. The van der Waals surface area contributed by atoms with Gasteiger partial charge in [-0.25, -0.2) is 8.42 Å². The highest BCUT2D eigenvalue weighted by Gasteiger charge is 2.42. The van der Waals surface area contributed by atoms with Crippen LogP contribution in [0.3, 0.4) is 0 Å². The number of benzene rings is 6. The second kappa shape index (κ2) is 19.9.